The zero-order valence-electron chi connectivity index (χ0n) is 14.7. The highest BCUT2D eigenvalue weighted by atomic mass is 16.5. The van der Waals surface area contributed by atoms with E-state index in [0.29, 0.717) is 36.6 Å². The predicted molar refractivity (Wildman–Crippen MR) is 89.8 cm³/mol. The van der Waals surface area contributed by atoms with E-state index in [1.165, 1.54) is 0 Å². The molecule has 1 aliphatic heterocycles. The van der Waals surface area contributed by atoms with Gasteiger partial charge in [-0.1, -0.05) is 0 Å². The van der Waals surface area contributed by atoms with Gasteiger partial charge in [0, 0.05) is 13.7 Å². The first kappa shape index (κ1) is 18.4. The minimum absolute atomic E-state index is 0.0970. The van der Waals surface area contributed by atoms with Crippen molar-refractivity contribution >= 4 is 5.91 Å². The van der Waals surface area contributed by atoms with Crippen molar-refractivity contribution in [1.82, 2.24) is 10.6 Å². The van der Waals surface area contributed by atoms with Gasteiger partial charge in [0.2, 0.25) is 5.75 Å². The second-order valence-electron chi connectivity index (χ2n) is 5.66. The fraction of sp³-hybridized carbons (Fsp3) is 0.588. The number of benzene rings is 1. The van der Waals surface area contributed by atoms with Crippen LogP contribution in [0.1, 0.15) is 18.4 Å². The van der Waals surface area contributed by atoms with E-state index in [4.69, 9.17) is 18.9 Å². The highest BCUT2D eigenvalue weighted by molar-refractivity contribution is 5.85. The smallest absolute Gasteiger partial charge is 0.252 e. The summed E-state index contributed by atoms with van der Waals surface area (Å²) >= 11 is 0. The minimum Gasteiger partial charge on any atom is -0.493 e. The Hall–Kier alpha value is -1.99. The predicted octanol–water partition coefficient (Wildman–Crippen LogP) is 1.10. The van der Waals surface area contributed by atoms with Crippen LogP contribution in [0.15, 0.2) is 12.1 Å². The Kier molecular flexibility index (Phi) is 6.28. The first-order chi connectivity index (χ1) is 11.6. The fourth-order valence-electron chi connectivity index (χ4n) is 2.94. The number of hydrogen-bond donors (Lipinski definition) is 2. The monoisotopic (exact) mass is 338 g/mol. The molecule has 0 spiro atoms. The minimum atomic E-state index is -0.758. The summed E-state index contributed by atoms with van der Waals surface area (Å²) in [5.41, 5.74) is 0.101. The second kappa shape index (κ2) is 8.21. The number of rotatable bonds is 7. The third-order valence-corrected chi connectivity index (χ3v) is 4.39. The summed E-state index contributed by atoms with van der Waals surface area (Å²) in [5.74, 6) is 1.55. The van der Waals surface area contributed by atoms with Gasteiger partial charge in [0.25, 0.3) is 5.91 Å². The molecule has 0 unspecified atom stereocenters. The number of nitrogens with one attached hydrogen (secondary N) is 2. The van der Waals surface area contributed by atoms with Crippen LogP contribution in [0.2, 0.25) is 0 Å². The highest BCUT2D eigenvalue weighted by Gasteiger charge is 2.39. The van der Waals surface area contributed by atoms with Crippen molar-refractivity contribution in [2.75, 3.05) is 41.5 Å². The van der Waals surface area contributed by atoms with Crippen LogP contribution in [0.3, 0.4) is 0 Å². The van der Waals surface area contributed by atoms with Gasteiger partial charge < -0.3 is 29.6 Å². The average Bonchev–Trinajstić information content (AvgIpc) is 2.65. The van der Waals surface area contributed by atoms with E-state index in [1.807, 2.05) is 12.1 Å². The van der Waals surface area contributed by atoms with E-state index in [-0.39, 0.29) is 5.91 Å². The van der Waals surface area contributed by atoms with Crippen LogP contribution < -0.4 is 24.8 Å². The molecule has 1 saturated heterocycles. The Morgan fingerprint density at radius 2 is 1.67 bits per heavy atom. The van der Waals surface area contributed by atoms with Crippen LogP contribution in [-0.2, 0) is 16.1 Å². The van der Waals surface area contributed by atoms with E-state index < -0.39 is 5.60 Å². The largest absolute Gasteiger partial charge is 0.493 e. The number of methoxy groups -OCH3 is 4. The van der Waals surface area contributed by atoms with Crippen molar-refractivity contribution in [3.63, 3.8) is 0 Å². The van der Waals surface area contributed by atoms with Crippen LogP contribution >= 0.6 is 0 Å². The van der Waals surface area contributed by atoms with Crippen molar-refractivity contribution in [3.8, 4) is 17.2 Å². The van der Waals surface area contributed by atoms with Crippen molar-refractivity contribution in [1.29, 1.82) is 0 Å². The summed E-state index contributed by atoms with van der Waals surface area (Å²) in [7, 11) is 6.27. The van der Waals surface area contributed by atoms with Crippen molar-refractivity contribution in [2.24, 2.45) is 0 Å². The zero-order valence-corrected chi connectivity index (χ0v) is 14.7. The number of amides is 1. The summed E-state index contributed by atoms with van der Waals surface area (Å²) in [5, 5.41) is 6.20. The number of ether oxygens (including phenoxy) is 4. The summed E-state index contributed by atoms with van der Waals surface area (Å²) in [6.07, 6.45) is 1.31. The van der Waals surface area contributed by atoms with E-state index in [2.05, 4.69) is 10.6 Å². The third-order valence-electron chi connectivity index (χ3n) is 4.39. The standard InChI is InChI=1S/C17H26N2O5/c1-21-13-9-12(10-14(22-2)15(13)23-3)11-19-16(20)17(24-4)5-7-18-8-6-17/h9-10,18H,5-8,11H2,1-4H3,(H,19,20). The lowest BCUT2D eigenvalue weighted by Crippen LogP contribution is -2.53. The molecule has 134 valence electrons. The second-order valence-corrected chi connectivity index (χ2v) is 5.66. The Bertz CT molecular complexity index is 545. The number of carbonyl (C=O) groups is 1. The molecule has 1 heterocycles. The van der Waals surface area contributed by atoms with Gasteiger partial charge >= 0.3 is 0 Å². The summed E-state index contributed by atoms with van der Waals surface area (Å²) < 4.78 is 21.5. The van der Waals surface area contributed by atoms with Gasteiger partial charge in [0.05, 0.1) is 21.3 Å². The highest BCUT2D eigenvalue weighted by Crippen LogP contribution is 2.38. The molecule has 7 heteroatoms. The van der Waals surface area contributed by atoms with Crippen LogP contribution in [0, 0.1) is 0 Å². The molecule has 2 rings (SSSR count). The maximum absolute atomic E-state index is 12.6. The molecule has 1 fully saturated rings. The topological polar surface area (TPSA) is 78.1 Å². The molecule has 0 atom stereocenters. The molecule has 0 aromatic heterocycles. The first-order valence-corrected chi connectivity index (χ1v) is 7.93. The van der Waals surface area contributed by atoms with Gasteiger partial charge in [0.15, 0.2) is 11.5 Å². The molecule has 0 aliphatic carbocycles. The molecule has 1 aromatic rings. The van der Waals surface area contributed by atoms with Gasteiger partial charge in [-0.3, -0.25) is 4.79 Å². The molecule has 2 N–H and O–H groups in total. The molecule has 24 heavy (non-hydrogen) atoms. The van der Waals surface area contributed by atoms with Crippen LogP contribution in [0.4, 0.5) is 0 Å². The molecular weight excluding hydrogens is 312 g/mol. The molecule has 0 bridgehead atoms. The maximum atomic E-state index is 12.6. The Morgan fingerprint density at radius 1 is 1.08 bits per heavy atom. The van der Waals surface area contributed by atoms with Crippen molar-refractivity contribution < 1.29 is 23.7 Å². The van der Waals surface area contributed by atoms with E-state index >= 15 is 0 Å². The molecule has 0 radical (unpaired) electrons. The summed E-state index contributed by atoms with van der Waals surface area (Å²) in [6.45, 7) is 1.89. The van der Waals surface area contributed by atoms with Gasteiger partial charge in [-0.25, -0.2) is 0 Å². The molecule has 1 amide bonds. The van der Waals surface area contributed by atoms with Gasteiger partial charge in [-0.2, -0.15) is 0 Å². The van der Waals surface area contributed by atoms with Gasteiger partial charge in [0.1, 0.15) is 5.60 Å². The SMILES string of the molecule is COc1cc(CNC(=O)C2(OC)CCNCC2)cc(OC)c1OC. The molecule has 0 saturated carbocycles. The van der Waals surface area contributed by atoms with Crippen molar-refractivity contribution in [2.45, 2.75) is 25.0 Å². The number of piperidine rings is 1. The Morgan fingerprint density at radius 3 is 2.12 bits per heavy atom. The summed E-state index contributed by atoms with van der Waals surface area (Å²) in [4.78, 5) is 12.6. The normalized spacial score (nSPS) is 16.3. The molecule has 1 aliphatic rings. The number of carbonyl (C=O) groups excluding carboxylic acids is 1. The summed E-state index contributed by atoms with van der Waals surface area (Å²) in [6, 6.07) is 3.65. The lowest BCUT2D eigenvalue weighted by atomic mass is 9.91. The number of hydrogen-bond acceptors (Lipinski definition) is 6. The maximum Gasteiger partial charge on any atom is 0.252 e. The lowest BCUT2D eigenvalue weighted by Gasteiger charge is -2.34. The van der Waals surface area contributed by atoms with Crippen molar-refractivity contribution in [3.05, 3.63) is 17.7 Å². The third kappa shape index (κ3) is 3.73. The molecule has 1 aromatic carbocycles. The molecular formula is C17H26N2O5. The Balaban J connectivity index is 2.12. The van der Waals surface area contributed by atoms with Crippen LogP contribution in [0.5, 0.6) is 17.2 Å². The zero-order chi connectivity index (χ0) is 17.6. The van der Waals surface area contributed by atoms with Crippen LogP contribution in [0.25, 0.3) is 0 Å². The lowest BCUT2D eigenvalue weighted by molar-refractivity contribution is -0.146. The van der Waals surface area contributed by atoms with E-state index in [9.17, 15) is 4.79 Å². The quantitative estimate of drug-likeness (QED) is 0.775. The molecule has 7 nitrogen and oxygen atoms in total. The Labute approximate surface area is 142 Å². The fourth-order valence-corrected chi connectivity index (χ4v) is 2.94. The van der Waals surface area contributed by atoms with Crippen LogP contribution in [-0.4, -0.2) is 53.0 Å². The van der Waals surface area contributed by atoms with Gasteiger partial charge in [-0.15, -0.1) is 0 Å². The average molecular weight is 338 g/mol. The van der Waals surface area contributed by atoms with E-state index in [0.717, 1.165) is 18.7 Å². The van der Waals surface area contributed by atoms with E-state index in [1.54, 1.807) is 28.4 Å². The first-order valence-electron chi connectivity index (χ1n) is 7.93. The van der Waals surface area contributed by atoms with Gasteiger partial charge in [-0.05, 0) is 43.6 Å².